The van der Waals surface area contributed by atoms with Gasteiger partial charge in [0.15, 0.2) is 0 Å². The lowest BCUT2D eigenvalue weighted by Gasteiger charge is -2.02. The number of rotatable bonds is 4. The van der Waals surface area contributed by atoms with Gasteiger partial charge < -0.3 is 11.1 Å². The Labute approximate surface area is 75.0 Å². The van der Waals surface area contributed by atoms with Gasteiger partial charge in [0, 0.05) is 7.05 Å². The fraction of sp³-hybridized carbons (Fsp3) is 0.500. The molecule has 0 aliphatic rings. The summed E-state index contributed by atoms with van der Waals surface area (Å²) in [5, 5.41) is 6.70. The highest BCUT2D eigenvalue weighted by atomic mass is 16.2. The Balaban J connectivity index is 3.48. The van der Waals surface area contributed by atoms with E-state index in [1.807, 2.05) is 5.32 Å². The molecule has 0 atom stereocenters. The molecule has 0 saturated heterocycles. The van der Waals surface area contributed by atoms with Crippen molar-refractivity contribution in [2.75, 3.05) is 20.1 Å². The summed E-state index contributed by atoms with van der Waals surface area (Å²) in [6.45, 7) is -0.112. The third-order valence-corrected chi connectivity index (χ3v) is 1.11. The van der Waals surface area contributed by atoms with Crippen LogP contribution in [0.4, 0.5) is 4.79 Å². The lowest BCUT2D eigenvalue weighted by Crippen LogP contribution is -2.42. The van der Waals surface area contributed by atoms with E-state index in [0.717, 1.165) is 0 Å². The van der Waals surface area contributed by atoms with Crippen LogP contribution in [0.2, 0.25) is 0 Å². The number of primary amides is 1. The number of hydrogen-bond donors (Lipinski definition) is 4. The third-order valence-electron chi connectivity index (χ3n) is 1.11. The molecule has 0 rings (SSSR count). The average Bonchev–Trinajstić information content (AvgIpc) is 2.02. The Kier molecular flexibility index (Phi) is 5.20. The van der Waals surface area contributed by atoms with Crippen LogP contribution in [0.25, 0.3) is 0 Å². The molecular formula is C6H12N4O3. The topological polar surface area (TPSA) is 113 Å². The van der Waals surface area contributed by atoms with Crippen LogP contribution >= 0.6 is 0 Å². The van der Waals surface area contributed by atoms with Crippen LogP contribution in [0.5, 0.6) is 0 Å². The first-order valence-corrected chi connectivity index (χ1v) is 3.57. The van der Waals surface area contributed by atoms with Crippen molar-refractivity contribution >= 4 is 17.8 Å². The van der Waals surface area contributed by atoms with Gasteiger partial charge in [0.25, 0.3) is 0 Å². The Hall–Kier alpha value is -1.63. The molecule has 7 nitrogen and oxygen atoms in total. The fourth-order valence-electron chi connectivity index (χ4n) is 0.560. The number of likely N-dealkylation sites (N-methyl/N-ethyl adjacent to an activating group) is 1. The van der Waals surface area contributed by atoms with Crippen LogP contribution in [0, 0.1) is 0 Å². The second kappa shape index (κ2) is 5.95. The van der Waals surface area contributed by atoms with Gasteiger partial charge in [0.05, 0.1) is 13.1 Å². The molecule has 0 unspecified atom stereocenters. The molecule has 0 spiro atoms. The van der Waals surface area contributed by atoms with Crippen molar-refractivity contribution in [3.05, 3.63) is 0 Å². The molecular weight excluding hydrogens is 176 g/mol. The number of hydrogen-bond acceptors (Lipinski definition) is 4. The Morgan fingerprint density at radius 1 is 1.15 bits per heavy atom. The Bertz CT molecular complexity index is 216. The lowest BCUT2D eigenvalue weighted by molar-refractivity contribution is -0.120. The normalized spacial score (nSPS) is 9.00. The van der Waals surface area contributed by atoms with E-state index >= 15 is 0 Å². The van der Waals surface area contributed by atoms with Crippen molar-refractivity contribution in [3.63, 3.8) is 0 Å². The van der Waals surface area contributed by atoms with Crippen molar-refractivity contribution in [3.8, 4) is 0 Å². The summed E-state index contributed by atoms with van der Waals surface area (Å²) in [4.78, 5) is 31.5. The summed E-state index contributed by atoms with van der Waals surface area (Å²) in [5.74, 6) is -0.816. The minimum atomic E-state index is -0.910. The minimum absolute atomic E-state index is 0.0165. The molecule has 0 aliphatic heterocycles. The van der Waals surface area contributed by atoms with E-state index in [0.29, 0.717) is 0 Å². The van der Waals surface area contributed by atoms with Crippen molar-refractivity contribution in [1.82, 2.24) is 16.0 Å². The van der Waals surface area contributed by atoms with E-state index in [2.05, 4.69) is 16.4 Å². The summed E-state index contributed by atoms with van der Waals surface area (Å²) >= 11 is 0. The lowest BCUT2D eigenvalue weighted by atomic mass is 10.5. The first-order valence-electron chi connectivity index (χ1n) is 3.57. The first kappa shape index (κ1) is 11.4. The second-order valence-corrected chi connectivity index (χ2v) is 2.19. The van der Waals surface area contributed by atoms with E-state index in [1.54, 1.807) is 0 Å². The maximum absolute atomic E-state index is 10.7. The monoisotopic (exact) mass is 188 g/mol. The maximum atomic E-state index is 10.7. The molecule has 4 amide bonds. The predicted octanol–water partition coefficient (Wildman–Crippen LogP) is -2.48. The van der Waals surface area contributed by atoms with Gasteiger partial charge in [-0.15, -0.1) is 0 Å². The molecule has 74 valence electrons. The van der Waals surface area contributed by atoms with E-state index in [-0.39, 0.29) is 19.0 Å². The number of carbonyl (C=O) groups is 3. The molecule has 0 aromatic heterocycles. The molecule has 0 heterocycles. The van der Waals surface area contributed by atoms with Crippen LogP contribution < -0.4 is 21.7 Å². The molecule has 13 heavy (non-hydrogen) atoms. The van der Waals surface area contributed by atoms with Crippen LogP contribution in [0.3, 0.4) is 0 Å². The number of nitrogens with two attached hydrogens (primary N) is 1. The number of amides is 4. The average molecular weight is 188 g/mol. The second-order valence-electron chi connectivity index (χ2n) is 2.19. The van der Waals surface area contributed by atoms with Crippen molar-refractivity contribution < 1.29 is 14.4 Å². The standard InChI is InChI=1S/C6H12N4O3/c1-8-4(11)2-9-3-5(12)10-6(7)13/h9H,2-3H2,1H3,(H,8,11)(H3,7,10,12,13). The van der Waals surface area contributed by atoms with E-state index in [9.17, 15) is 14.4 Å². The van der Waals surface area contributed by atoms with Gasteiger partial charge in [-0.1, -0.05) is 0 Å². The molecule has 0 aromatic carbocycles. The quantitative estimate of drug-likeness (QED) is 0.391. The number of urea groups is 1. The van der Waals surface area contributed by atoms with Crippen molar-refractivity contribution in [1.29, 1.82) is 0 Å². The summed E-state index contributed by atoms with van der Waals surface area (Å²) in [5.41, 5.74) is 4.67. The minimum Gasteiger partial charge on any atom is -0.358 e. The van der Waals surface area contributed by atoms with Gasteiger partial charge in [-0.25, -0.2) is 4.79 Å². The van der Waals surface area contributed by atoms with Crippen LogP contribution in [-0.2, 0) is 9.59 Å². The number of imide groups is 1. The molecule has 7 heteroatoms. The van der Waals surface area contributed by atoms with Gasteiger partial charge in [0.2, 0.25) is 11.8 Å². The molecule has 0 radical (unpaired) electrons. The van der Waals surface area contributed by atoms with Crippen LogP contribution in [-0.4, -0.2) is 38.0 Å². The summed E-state index contributed by atoms with van der Waals surface area (Å²) < 4.78 is 0. The fourth-order valence-corrected chi connectivity index (χ4v) is 0.560. The predicted molar refractivity (Wildman–Crippen MR) is 44.7 cm³/mol. The maximum Gasteiger partial charge on any atom is 0.318 e. The Morgan fingerprint density at radius 2 is 1.69 bits per heavy atom. The zero-order valence-electron chi connectivity index (χ0n) is 7.22. The van der Waals surface area contributed by atoms with Gasteiger partial charge in [-0.3, -0.25) is 20.2 Å². The zero-order valence-corrected chi connectivity index (χ0v) is 7.22. The highest BCUT2D eigenvalue weighted by Gasteiger charge is 2.03. The molecule has 0 aromatic rings. The number of nitrogens with one attached hydrogen (secondary N) is 3. The molecule has 0 fully saturated rings. The van der Waals surface area contributed by atoms with E-state index in [1.165, 1.54) is 7.05 Å². The Morgan fingerprint density at radius 3 is 2.15 bits per heavy atom. The largest absolute Gasteiger partial charge is 0.358 e. The smallest absolute Gasteiger partial charge is 0.318 e. The highest BCUT2D eigenvalue weighted by molar-refractivity contribution is 5.94. The molecule has 0 bridgehead atoms. The summed E-state index contributed by atoms with van der Waals surface area (Å²) in [6.07, 6.45) is 0. The van der Waals surface area contributed by atoms with Crippen molar-refractivity contribution in [2.45, 2.75) is 0 Å². The molecule has 0 saturated carbocycles. The van der Waals surface area contributed by atoms with E-state index < -0.39 is 11.9 Å². The van der Waals surface area contributed by atoms with E-state index in [4.69, 9.17) is 0 Å². The van der Waals surface area contributed by atoms with Gasteiger partial charge >= 0.3 is 6.03 Å². The van der Waals surface area contributed by atoms with Crippen LogP contribution in [0.1, 0.15) is 0 Å². The molecule has 0 aliphatic carbocycles. The first-order chi connectivity index (χ1) is 6.06. The highest BCUT2D eigenvalue weighted by Crippen LogP contribution is 1.65. The molecule has 5 N–H and O–H groups in total. The van der Waals surface area contributed by atoms with Gasteiger partial charge in [-0.05, 0) is 0 Å². The third kappa shape index (κ3) is 6.76. The zero-order chi connectivity index (χ0) is 10.3. The summed E-state index contributed by atoms with van der Waals surface area (Å²) in [7, 11) is 1.48. The SMILES string of the molecule is CNC(=O)CNCC(=O)NC(N)=O. The van der Waals surface area contributed by atoms with Gasteiger partial charge in [-0.2, -0.15) is 0 Å². The summed E-state index contributed by atoms with van der Waals surface area (Å²) in [6, 6.07) is -0.910. The number of carbonyl (C=O) groups excluding carboxylic acids is 3. The van der Waals surface area contributed by atoms with Gasteiger partial charge in [0.1, 0.15) is 0 Å². The van der Waals surface area contributed by atoms with Crippen LogP contribution in [0.15, 0.2) is 0 Å². The van der Waals surface area contributed by atoms with Crippen molar-refractivity contribution in [2.24, 2.45) is 5.73 Å².